The molecule has 6 heteroatoms. The van der Waals surface area contributed by atoms with E-state index < -0.39 is 5.91 Å². The van der Waals surface area contributed by atoms with Crippen molar-refractivity contribution in [2.24, 2.45) is 0 Å². The van der Waals surface area contributed by atoms with Gasteiger partial charge in [0, 0.05) is 17.2 Å². The van der Waals surface area contributed by atoms with Crippen LogP contribution in [0.4, 0.5) is 4.39 Å². The maximum atomic E-state index is 13.2. The van der Waals surface area contributed by atoms with Crippen LogP contribution in [-0.4, -0.2) is 22.8 Å². The van der Waals surface area contributed by atoms with Gasteiger partial charge in [-0.3, -0.25) is 14.5 Å². The van der Waals surface area contributed by atoms with Crippen molar-refractivity contribution in [1.29, 1.82) is 5.26 Å². The topological polar surface area (TPSA) is 74.3 Å². The number of carbonyl (C=O) groups excluding carboxylic acids is 2. The summed E-state index contributed by atoms with van der Waals surface area (Å²) in [4.78, 5) is 27.3. The summed E-state index contributed by atoms with van der Waals surface area (Å²) in [6.07, 6.45) is 6.11. The summed E-state index contributed by atoms with van der Waals surface area (Å²) in [6, 6.07) is 11.2. The van der Waals surface area contributed by atoms with Gasteiger partial charge in [-0.25, -0.2) is 4.39 Å². The van der Waals surface area contributed by atoms with Crippen LogP contribution < -0.4 is 0 Å². The molecule has 1 aromatic carbocycles. The molecule has 152 valence electrons. The third kappa shape index (κ3) is 3.59. The molecular weight excluding hydrogens is 383 g/mol. The highest BCUT2D eigenvalue weighted by Gasteiger charge is 2.39. The van der Waals surface area contributed by atoms with E-state index in [0.29, 0.717) is 22.7 Å². The molecule has 1 saturated carbocycles. The monoisotopic (exact) mass is 404 g/mol. The molecule has 2 heterocycles. The smallest absolute Gasteiger partial charge is 0.271 e. The van der Waals surface area contributed by atoms with Crippen molar-refractivity contribution >= 4 is 17.9 Å². The Hall–Kier alpha value is -3.46. The van der Waals surface area contributed by atoms with Gasteiger partial charge >= 0.3 is 0 Å². The third-order valence-corrected chi connectivity index (χ3v) is 5.75. The number of halogens is 1. The highest BCUT2D eigenvalue weighted by molar-refractivity contribution is 6.19. The van der Waals surface area contributed by atoms with Gasteiger partial charge in [0.1, 0.15) is 29.0 Å². The minimum absolute atomic E-state index is 0.00302. The summed E-state index contributed by atoms with van der Waals surface area (Å²) in [5.74, 6) is -0.268. The number of nitriles is 1. The predicted molar refractivity (Wildman–Crippen MR) is 109 cm³/mol. The normalized spacial score (nSPS) is 19.5. The molecule has 1 aromatic heterocycles. The first kappa shape index (κ1) is 19.8. The van der Waals surface area contributed by atoms with Crippen molar-refractivity contribution in [3.63, 3.8) is 0 Å². The molecule has 0 spiro atoms. The number of rotatable bonds is 3. The average Bonchev–Trinajstić information content (AvgIpc) is 3.21. The Kier molecular flexibility index (Phi) is 5.37. The van der Waals surface area contributed by atoms with Crippen molar-refractivity contribution in [3.8, 4) is 17.4 Å². The van der Waals surface area contributed by atoms with E-state index >= 15 is 0 Å². The van der Waals surface area contributed by atoms with Crippen LogP contribution in [0.5, 0.6) is 0 Å². The molecule has 1 aliphatic carbocycles. The molecule has 1 fully saturated rings. The van der Waals surface area contributed by atoms with Crippen molar-refractivity contribution in [2.45, 2.75) is 45.1 Å². The summed E-state index contributed by atoms with van der Waals surface area (Å²) in [6.45, 7) is 1.61. The first-order chi connectivity index (χ1) is 14.5. The van der Waals surface area contributed by atoms with E-state index in [-0.39, 0.29) is 28.9 Å². The SMILES string of the molecule is CC1=C(C#N)C(=O)N(C2CCCCC2)C(=O)/C1=C/c1ccc(-c2ccc(F)cc2)o1. The van der Waals surface area contributed by atoms with Crippen LogP contribution in [0.1, 0.15) is 44.8 Å². The van der Waals surface area contributed by atoms with Crippen LogP contribution >= 0.6 is 0 Å². The van der Waals surface area contributed by atoms with Gasteiger partial charge in [0.25, 0.3) is 11.8 Å². The van der Waals surface area contributed by atoms with E-state index in [1.165, 1.54) is 17.0 Å². The number of furan rings is 1. The predicted octanol–water partition coefficient (Wildman–Crippen LogP) is 5.01. The quantitative estimate of drug-likeness (QED) is 0.532. The van der Waals surface area contributed by atoms with Crippen LogP contribution in [0, 0.1) is 17.1 Å². The minimum Gasteiger partial charge on any atom is -0.457 e. The molecule has 4 rings (SSSR count). The maximum Gasteiger partial charge on any atom is 0.271 e. The number of imide groups is 1. The Morgan fingerprint density at radius 1 is 1.07 bits per heavy atom. The number of amides is 2. The van der Waals surface area contributed by atoms with Crippen LogP contribution in [0.15, 0.2) is 57.5 Å². The zero-order valence-corrected chi connectivity index (χ0v) is 16.7. The van der Waals surface area contributed by atoms with Crippen molar-refractivity contribution in [1.82, 2.24) is 4.90 Å². The lowest BCUT2D eigenvalue weighted by Gasteiger charge is -2.36. The Morgan fingerprint density at radius 3 is 2.43 bits per heavy atom. The fraction of sp³-hybridized carbons (Fsp3) is 0.292. The molecule has 0 atom stereocenters. The molecule has 0 unspecified atom stereocenters. The zero-order valence-electron chi connectivity index (χ0n) is 16.7. The van der Waals surface area contributed by atoms with Crippen molar-refractivity contribution < 1.29 is 18.4 Å². The Balaban J connectivity index is 1.71. The second-order valence-corrected chi connectivity index (χ2v) is 7.65. The molecule has 0 bridgehead atoms. The van der Waals surface area contributed by atoms with E-state index in [0.717, 1.165) is 32.1 Å². The molecule has 1 aliphatic heterocycles. The maximum absolute atomic E-state index is 13.2. The Labute approximate surface area is 174 Å². The zero-order chi connectivity index (χ0) is 21.3. The molecule has 0 saturated heterocycles. The second kappa shape index (κ2) is 8.11. The summed E-state index contributed by atoms with van der Waals surface area (Å²) < 4.78 is 19.0. The summed E-state index contributed by atoms with van der Waals surface area (Å²) >= 11 is 0. The van der Waals surface area contributed by atoms with E-state index in [2.05, 4.69) is 0 Å². The van der Waals surface area contributed by atoms with E-state index in [9.17, 15) is 19.2 Å². The summed E-state index contributed by atoms with van der Waals surface area (Å²) in [7, 11) is 0. The summed E-state index contributed by atoms with van der Waals surface area (Å²) in [5, 5.41) is 9.55. The fourth-order valence-electron chi connectivity index (χ4n) is 4.11. The highest BCUT2D eigenvalue weighted by atomic mass is 19.1. The van der Waals surface area contributed by atoms with Crippen molar-refractivity contribution in [3.05, 3.63) is 64.7 Å². The number of hydrogen-bond donors (Lipinski definition) is 0. The Bertz CT molecular complexity index is 1100. The van der Waals surface area contributed by atoms with Crippen LogP contribution in [0.3, 0.4) is 0 Å². The minimum atomic E-state index is -0.504. The van der Waals surface area contributed by atoms with E-state index in [4.69, 9.17) is 4.42 Å². The average molecular weight is 404 g/mol. The summed E-state index contributed by atoms with van der Waals surface area (Å²) in [5.41, 5.74) is 1.35. The third-order valence-electron chi connectivity index (χ3n) is 5.75. The van der Waals surface area contributed by atoms with Gasteiger partial charge in [0.2, 0.25) is 0 Å². The second-order valence-electron chi connectivity index (χ2n) is 7.65. The molecule has 2 amide bonds. The Morgan fingerprint density at radius 2 is 1.77 bits per heavy atom. The van der Waals surface area contributed by atoms with Gasteiger partial charge in [-0.1, -0.05) is 19.3 Å². The standard InChI is InChI=1S/C24H21FN2O3/c1-15-20(13-19-11-12-22(30-19)16-7-9-17(25)10-8-16)23(28)27(24(29)21(15)14-26)18-5-3-2-4-6-18/h7-13,18H,2-6H2,1H3/b20-13+. The fourth-order valence-corrected chi connectivity index (χ4v) is 4.11. The molecule has 2 aliphatic rings. The largest absolute Gasteiger partial charge is 0.457 e. The number of benzene rings is 1. The van der Waals surface area contributed by atoms with E-state index in [1.807, 2.05) is 6.07 Å². The van der Waals surface area contributed by atoms with Gasteiger partial charge in [0.05, 0.1) is 0 Å². The van der Waals surface area contributed by atoms with E-state index in [1.54, 1.807) is 37.3 Å². The van der Waals surface area contributed by atoms with Crippen LogP contribution in [-0.2, 0) is 9.59 Å². The molecule has 30 heavy (non-hydrogen) atoms. The van der Waals surface area contributed by atoms with Gasteiger partial charge in [-0.05, 0) is 67.8 Å². The van der Waals surface area contributed by atoms with Crippen LogP contribution in [0.2, 0.25) is 0 Å². The molecule has 2 aromatic rings. The molecule has 0 N–H and O–H groups in total. The lowest BCUT2D eigenvalue weighted by molar-refractivity contribution is -0.143. The number of hydrogen-bond acceptors (Lipinski definition) is 4. The lowest BCUT2D eigenvalue weighted by Crippen LogP contribution is -2.49. The van der Waals surface area contributed by atoms with Gasteiger partial charge in [0.15, 0.2) is 0 Å². The van der Waals surface area contributed by atoms with Crippen molar-refractivity contribution in [2.75, 3.05) is 0 Å². The van der Waals surface area contributed by atoms with Gasteiger partial charge in [-0.2, -0.15) is 5.26 Å². The highest BCUT2D eigenvalue weighted by Crippen LogP contribution is 2.33. The molecule has 5 nitrogen and oxygen atoms in total. The number of nitrogens with zero attached hydrogens (tertiary/aromatic N) is 2. The lowest BCUT2D eigenvalue weighted by atomic mass is 9.89. The van der Waals surface area contributed by atoms with Gasteiger partial charge in [-0.15, -0.1) is 0 Å². The van der Waals surface area contributed by atoms with Gasteiger partial charge < -0.3 is 4.42 Å². The molecular formula is C24H21FN2O3. The van der Waals surface area contributed by atoms with Crippen LogP contribution in [0.25, 0.3) is 17.4 Å². The first-order valence-corrected chi connectivity index (χ1v) is 10.1. The first-order valence-electron chi connectivity index (χ1n) is 10.1. The molecule has 0 radical (unpaired) electrons. The number of carbonyl (C=O) groups is 2.